The zero-order valence-corrected chi connectivity index (χ0v) is 18.3. The molecule has 0 spiro atoms. The molecule has 0 saturated carbocycles. The highest BCUT2D eigenvalue weighted by atomic mass is 16.5. The average molecular weight is 412 g/mol. The number of piperidine rings is 1. The lowest BCUT2D eigenvalue weighted by Crippen LogP contribution is -2.36. The summed E-state index contributed by atoms with van der Waals surface area (Å²) in [6.45, 7) is 6.33. The summed E-state index contributed by atoms with van der Waals surface area (Å²) in [5, 5.41) is 10.8. The molecule has 162 valence electrons. The van der Waals surface area contributed by atoms with E-state index in [1.165, 1.54) is 0 Å². The van der Waals surface area contributed by atoms with Crippen molar-refractivity contribution >= 4 is 17.6 Å². The molecule has 2 heterocycles. The van der Waals surface area contributed by atoms with Gasteiger partial charge in [0.25, 0.3) is 0 Å². The normalized spacial score (nSPS) is 15.0. The van der Waals surface area contributed by atoms with Crippen molar-refractivity contribution < 1.29 is 9.32 Å². The number of carbonyl (C=O) groups excluding carboxylic acids is 1. The second-order valence-corrected chi connectivity index (χ2v) is 7.68. The Balaban J connectivity index is 1.49. The number of aromatic nitrogens is 1. The summed E-state index contributed by atoms with van der Waals surface area (Å²) in [6, 6.07) is 10.2. The quantitative estimate of drug-likeness (QED) is 0.507. The fourth-order valence-corrected chi connectivity index (χ4v) is 3.76. The van der Waals surface area contributed by atoms with Crippen molar-refractivity contribution in [1.29, 1.82) is 0 Å². The number of nitrogens with zero attached hydrogens (tertiary/aromatic N) is 3. The predicted octanol–water partition coefficient (Wildman–Crippen LogP) is 3.96. The molecule has 7 heteroatoms. The van der Waals surface area contributed by atoms with Gasteiger partial charge in [0.05, 0.1) is 12.2 Å². The van der Waals surface area contributed by atoms with Crippen molar-refractivity contribution in [3.8, 4) is 0 Å². The van der Waals surface area contributed by atoms with Gasteiger partial charge in [-0.25, -0.2) is 0 Å². The van der Waals surface area contributed by atoms with Crippen LogP contribution in [0, 0.1) is 0 Å². The van der Waals surface area contributed by atoms with Gasteiger partial charge in [0.2, 0.25) is 5.91 Å². The van der Waals surface area contributed by atoms with Crippen LogP contribution in [0.5, 0.6) is 0 Å². The molecule has 1 aliphatic rings. The van der Waals surface area contributed by atoms with Crippen LogP contribution in [0.2, 0.25) is 0 Å². The van der Waals surface area contributed by atoms with Crippen LogP contribution >= 0.6 is 0 Å². The fourth-order valence-electron chi connectivity index (χ4n) is 3.76. The first kappa shape index (κ1) is 21.9. The number of nitrogens with one attached hydrogen (secondary N) is 2. The first-order valence-corrected chi connectivity index (χ1v) is 10.9. The van der Waals surface area contributed by atoms with Crippen molar-refractivity contribution in [3.63, 3.8) is 0 Å². The summed E-state index contributed by atoms with van der Waals surface area (Å²) in [5.41, 5.74) is 3.12. The maximum atomic E-state index is 12.1. The Bertz CT molecular complexity index is 840. The zero-order valence-electron chi connectivity index (χ0n) is 18.3. The molecule has 2 aromatic rings. The second-order valence-electron chi connectivity index (χ2n) is 7.68. The van der Waals surface area contributed by atoms with Gasteiger partial charge < -0.3 is 20.1 Å². The highest BCUT2D eigenvalue weighted by molar-refractivity contribution is 5.93. The Morgan fingerprint density at radius 3 is 2.57 bits per heavy atom. The summed E-state index contributed by atoms with van der Waals surface area (Å²) in [7, 11) is 1.75. The van der Waals surface area contributed by atoms with Gasteiger partial charge >= 0.3 is 0 Å². The molecule has 0 bridgehead atoms. The fraction of sp³-hybridized carbons (Fsp3) is 0.522. The van der Waals surface area contributed by atoms with Gasteiger partial charge in [-0.15, -0.1) is 0 Å². The topological polar surface area (TPSA) is 82.8 Å². The van der Waals surface area contributed by atoms with Gasteiger partial charge in [0.1, 0.15) is 0 Å². The summed E-state index contributed by atoms with van der Waals surface area (Å²) >= 11 is 0. The summed E-state index contributed by atoms with van der Waals surface area (Å²) in [6.07, 6.45) is 4.83. The molecule has 0 atom stereocenters. The van der Waals surface area contributed by atoms with E-state index >= 15 is 0 Å². The maximum Gasteiger partial charge on any atom is 0.226 e. The third-order valence-corrected chi connectivity index (χ3v) is 5.67. The molecule has 1 saturated heterocycles. The van der Waals surface area contributed by atoms with E-state index in [-0.39, 0.29) is 5.91 Å². The second kappa shape index (κ2) is 10.8. The Labute approximate surface area is 178 Å². The van der Waals surface area contributed by atoms with Crippen molar-refractivity contribution in [3.05, 3.63) is 47.3 Å². The van der Waals surface area contributed by atoms with Gasteiger partial charge in [0, 0.05) is 44.2 Å². The Morgan fingerprint density at radius 1 is 1.17 bits per heavy atom. The third-order valence-electron chi connectivity index (χ3n) is 5.67. The molecule has 3 rings (SSSR count). The number of carbonyl (C=O) groups is 1. The SMILES string of the molecule is CCC(CC)c1cc(CNC(=NC)NCc2ccc(N3CCCCC3=O)cc2)on1. The number of benzene rings is 1. The minimum absolute atomic E-state index is 0.219. The molecule has 1 aliphatic heterocycles. The first-order chi connectivity index (χ1) is 14.6. The Hall–Kier alpha value is -2.83. The van der Waals surface area contributed by atoms with E-state index in [9.17, 15) is 4.79 Å². The minimum atomic E-state index is 0.219. The highest BCUT2D eigenvalue weighted by Crippen LogP contribution is 2.23. The van der Waals surface area contributed by atoms with Crippen LogP contribution in [0.4, 0.5) is 5.69 Å². The minimum Gasteiger partial charge on any atom is -0.359 e. The molecule has 7 nitrogen and oxygen atoms in total. The van der Waals surface area contributed by atoms with Crippen LogP contribution < -0.4 is 15.5 Å². The first-order valence-electron chi connectivity index (χ1n) is 10.9. The number of anilines is 1. The van der Waals surface area contributed by atoms with E-state index in [1.807, 2.05) is 23.1 Å². The number of hydrogen-bond donors (Lipinski definition) is 2. The molecule has 0 aliphatic carbocycles. The zero-order chi connectivity index (χ0) is 21.3. The molecule has 2 N–H and O–H groups in total. The Morgan fingerprint density at radius 2 is 1.90 bits per heavy atom. The van der Waals surface area contributed by atoms with E-state index in [0.29, 0.717) is 31.4 Å². The molecule has 1 fully saturated rings. The number of aliphatic imine (C=N–C) groups is 1. The van der Waals surface area contributed by atoms with Crippen LogP contribution in [0.25, 0.3) is 0 Å². The Kier molecular flexibility index (Phi) is 7.88. The van der Waals surface area contributed by atoms with E-state index in [0.717, 1.165) is 54.9 Å². The summed E-state index contributed by atoms with van der Waals surface area (Å²) in [4.78, 5) is 18.2. The number of amides is 1. The number of rotatable bonds is 8. The van der Waals surface area contributed by atoms with Gasteiger partial charge in [-0.05, 0) is 43.4 Å². The van der Waals surface area contributed by atoms with E-state index in [1.54, 1.807) is 7.05 Å². The molecular formula is C23H33N5O2. The highest BCUT2D eigenvalue weighted by Gasteiger charge is 2.19. The molecular weight excluding hydrogens is 378 g/mol. The van der Waals surface area contributed by atoms with Crippen molar-refractivity contribution in [2.45, 2.75) is 65.0 Å². The van der Waals surface area contributed by atoms with E-state index in [2.05, 4.69) is 46.8 Å². The van der Waals surface area contributed by atoms with Crippen LogP contribution in [0.15, 0.2) is 39.8 Å². The predicted molar refractivity (Wildman–Crippen MR) is 120 cm³/mol. The van der Waals surface area contributed by atoms with Crippen molar-refractivity contribution in [2.24, 2.45) is 4.99 Å². The third kappa shape index (κ3) is 5.62. The maximum absolute atomic E-state index is 12.1. The smallest absolute Gasteiger partial charge is 0.226 e. The molecule has 1 aromatic heterocycles. The standard InChI is InChI=1S/C23H33N5O2/c1-4-18(5-2)21-14-20(30-27-21)16-26-23(24-3)25-15-17-9-11-19(12-10-17)28-13-7-6-8-22(28)29/h9-12,14,18H,4-8,13,15-16H2,1-3H3,(H2,24,25,26). The van der Waals surface area contributed by atoms with Crippen LogP contribution in [-0.4, -0.2) is 30.6 Å². The van der Waals surface area contributed by atoms with Crippen LogP contribution in [-0.2, 0) is 17.9 Å². The van der Waals surface area contributed by atoms with Crippen LogP contribution in [0.1, 0.15) is 68.9 Å². The van der Waals surface area contributed by atoms with Crippen molar-refractivity contribution in [1.82, 2.24) is 15.8 Å². The largest absolute Gasteiger partial charge is 0.359 e. The number of guanidine groups is 1. The average Bonchev–Trinajstić information content (AvgIpc) is 3.24. The monoisotopic (exact) mass is 411 g/mol. The van der Waals surface area contributed by atoms with E-state index < -0.39 is 0 Å². The molecule has 0 radical (unpaired) electrons. The van der Waals surface area contributed by atoms with Gasteiger partial charge in [-0.1, -0.05) is 31.1 Å². The van der Waals surface area contributed by atoms with Gasteiger partial charge in [0.15, 0.2) is 11.7 Å². The van der Waals surface area contributed by atoms with Crippen molar-refractivity contribution in [2.75, 3.05) is 18.5 Å². The lowest BCUT2D eigenvalue weighted by atomic mass is 9.99. The summed E-state index contributed by atoms with van der Waals surface area (Å²) in [5.74, 6) is 2.17. The lowest BCUT2D eigenvalue weighted by Gasteiger charge is -2.26. The summed E-state index contributed by atoms with van der Waals surface area (Å²) < 4.78 is 5.46. The molecule has 1 aromatic carbocycles. The van der Waals surface area contributed by atoms with Gasteiger partial charge in [-0.3, -0.25) is 9.79 Å². The van der Waals surface area contributed by atoms with Crippen LogP contribution in [0.3, 0.4) is 0 Å². The van der Waals surface area contributed by atoms with E-state index in [4.69, 9.17) is 4.52 Å². The molecule has 1 amide bonds. The molecule has 0 unspecified atom stereocenters. The van der Waals surface area contributed by atoms with Gasteiger partial charge in [-0.2, -0.15) is 0 Å². The molecule has 30 heavy (non-hydrogen) atoms. The number of hydrogen-bond acceptors (Lipinski definition) is 4. The lowest BCUT2D eigenvalue weighted by molar-refractivity contribution is -0.119.